The van der Waals surface area contributed by atoms with Crippen LogP contribution in [0.15, 0.2) is 53.7 Å². The van der Waals surface area contributed by atoms with Gasteiger partial charge < -0.3 is 24.9 Å². The van der Waals surface area contributed by atoms with Crippen LogP contribution in [0.5, 0.6) is 0 Å². The van der Waals surface area contributed by atoms with Crippen LogP contribution in [-0.4, -0.2) is 51.9 Å². The summed E-state index contributed by atoms with van der Waals surface area (Å²) in [6, 6.07) is 15.3. The average molecular weight is 453 g/mol. The maximum atomic E-state index is 13.4. The second-order valence-electron chi connectivity index (χ2n) is 8.97. The van der Waals surface area contributed by atoms with Gasteiger partial charge in [-0.05, 0) is 37.0 Å². The van der Waals surface area contributed by atoms with E-state index >= 15 is 0 Å². The molecule has 3 N–H and O–H groups in total. The van der Waals surface area contributed by atoms with Crippen molar-refractivity contribution in [3.63, 3.8) is 0 Å². The van der Waals surface area contributed by atoms with Gasteiger partial charge in [0.25, 0.3) is 5.91 Å². The molecule has 2 unspecified atom stereocenters. The fourth-order valence-electron chi connectivity index (χ4n) is 3.86. The van der Waals surface area contributed by atoms with Gasteiger partial charge in [-0.3, -0.25) is 9.78 Å². The predicted molar refractivity (Wildman–Crippen MR) is 126 cm³/mol. The van der Waals surface area contributed by atoms with E-state index in [1.54, 1.807) is 0 Å². The van der Waals surface area contributed by atoms with Crippen molar-refractivity contribution in [1.29, 1.82) is 0 Å². The van der Waals surface area contributed by atoms with Crippen LogP contribution in [0.4, 0.5) is 0 Å². The van der Waals surface area contributed by atoms with Crippen molar-refractivity contribution in [2.45, 2.75) is 58.2 Å². The molecular weight excluding hydrogens is 421 g/mol. The first-order chi connectivity index (χ1) is 15.8. The number of amides is 1. The number of hydrogen-bond acceptors (Lipinski definition) is 7. The number of carbonyl (C=O) groups is 1. The third kappa shape index (κ3) is 7.12. The summed E-state index contributed by atoms with van der Waals surface area (Å²) < 4.78 is 5.77. The minimum absolute atomic E-state index is 0.169. The summed E-state index contributed by atoms with van der Waals surface area (Å²) in [6.07, 6.45) is 0.956. The number of oxime groups is 1. The molecule has 0 saturated carbocycles. The minimum Gasteiger partial charge on any atom is -0.426 e. The molecule has 1 aromatic heterocycles. The number of ether oxygens (including phenoxy) is 1. The summed E-state index contributed by atoms with van der Waals surface area (Å²) >= 11 is 0. The smallest absolute Gasteiger partial charge is 0.426 e. The number of aromatic nitrogens is 1. The highest BCUT2D eigenvalue weighted by Gasteiger charge is 2.48. The number of hydrogen-bond donors (Lipinski definition) is 3. The van der Waals surface area contributed by atoms with E-state index in [-0.39, 0.29) is 18.9 Å². The van der Waals surface area contributed by atoms with Gasteiger partial charge in [0.2, 0.25) is 5.60 Å². The molecule has 33 heavy (non-hydrogen) atoms. The number of nitrogens with one attached hydrogen (secondary N) is 1. The monoisotopic (exact) mass is 453 g/mol. The van der Waals surface area contributed by atoms with Crippen LogP contribution < -0.4 is 5.32 Å². The molecule has 176 valence electrons. The van der Waals surface area contributed by atoms with Crippen molar-refractivity contribution >= 4 is 18.7 Å². The molecule has 9 heteroatoms. The van der Waals surface area contributed by atoms with Gasteiger partial charge in [0.15, 0.2) is 0 Å². The molecular formula is C24H32BN3O5. The van der Waals surface area contributed by atoms with Gasteiger partial charge in [-0.2, -0.15) is 0 Å². The van der Waals surface area contributed by atoms with E-state index in [1.807, 2.05) is 69.3 Å². The molecule has 0 aliphatic carbocycles. The Morgan fingerprint density at radius 2 is 1.94 bits per heavy atom. The Bertz CT molecular complexity index is 954. The van der Waals surface area contributed by atoms with E-state index in [0.717, 1.165) is 17.0 Å². The Balaban J connectivity index is 1.69. The van der Waals surface area contributed by atoms with Gasteiger partial charge in [0.05, 0.1) is 30.6 Å². The fourth-order valence-corrected chi connectivity index (χ4v) is 3.86. The molecule has 3 rings (SSSR count). The number of carbonyl (C=O) groups excluding carboxylic acids is 1. The second-order valence-corrected chi connectivity index (χ2v) is 8.97. The third-order valence-corrected chi connectivity index (χ3v) is 5.45. The lowest BCUT2D eigenvalue weighted by Crippen LogP contribution is -2.56. The van der Waals surface area contributed by atoms with Crippen LogP contribution in [0.3, 0.4) is 0 Å². The lowest BCUT2D eigenvalue weighted by atomic mass is 9.74. The number of benzene rings is 1. The topological polar surface area (TPSA) is 113 Å². The lowest BCUT2D eigenvalue weighted by Gasteiger charge is -2.29. The maximum Gasteiger partial charge on any atom is 0.475 e. The zero-order chi connectivity index (χ0) is 23.8. The van der Waals surface area contributed by atoms with Crippen molar-refractivity contribution in [1.82, 2.24) is 10.3 Å². The van der Waals surface area contributed by atoms with Crippen molar-refractivity contribution in [3.05, 3.63) is 65.5 Å². The molecule has 1 aromatic carbocycles. The molecule has 0 spiro atoms. The molecule has 0 fully saturated rings. The van der Waals surface area contributed by atoms with E-state index < -0.39 is 24.6 Å². The predicted octanol–water partition coefficient (Wildman–Crippen LogP) is 2.21. The first-order valence-corrected chi connectivity index (χ1v) is 11.2. The zero-order valence-corrected chi connectivity index (χ0v) is 19.4. The lowest BCUT2D eigenvalue weighted by molar-refractivity contribution is -0.144. The van der Waals surface area contributed by atoms with Crippen LogP contribution >= 0.6 is 0 Å². The maximum absolute atomic E-state index is 13.4. The molecule has 1 aliphatic heterocycles. The first-order valence-electron chi connectivity index (χ1n) is 11.2. The Labute approximate surface area is 195 Å². The van der Waals surface area contributed by atoms with E-state index in [1.165, 1.54) is 0 Å². The van der Waals surface area contributed by atoms with E-state index in [9.17, 15) is 14.8 Å². The van der Waals surface area contributed by atoms with Gasteiger partial charge in [-0.1, -0.05) is 55.4 Å². The molecule has 8 nitrogen and oxygen atoms in total. The first kappa shape index (κ1) is 24.9. The van der Waals surface area contributed by atoms with Gasteiger partial charge in [0, 0.05) is 18.5 Å². The Morgan fingerprint density at radius 1 is 1.18 bits per heavy atom. The van der Waals surface area contributed by atoms with Crippen molar-refractivity contribution in [2.24, 2.45) is 11.1 Å². The summed E-state index contributed by atoms with van der Waals surface area (Å²) in [5.74, 6) is -1.06. The van der Waals surface area contributed by atoms with Gasteiger partial charge in [-0.25, -0.2) is 0 Å². The summed E-state index contributed by atoms with van der Waals surface area (Å²) in [5, 5.41) is 26.5. The van der Waals surface area contributed by atoms with Crippen LogP contribution in [0.1, 0.15) is 43.6 Å². The van der Waals surface area contributed by atoms with Crippen molar-refractivity contribution in [3.8, 4) is 0 Å². The summed E-state index contributed by atoms with van der Waals surface area (Å²) in [6.45, 7) is 6.36. The Hall–Kier alpha value is -2.75. The number of nitrogens with zero attached hydrogens (tertiary/aromatic N) is 2. The molecule has 2 aromatic rings. The summed E-state index contributed by atoms with van der Waals surface area (Å²) in [5.41, 5.74) is 1.97. The van der Waals surface area contributed by atoms with Crippen molar-refractivity contribution in [2.75, 3.05) is 6.61 Å². The van der Waals surface area contributed by atoms with Gasteiger partial charge >= 0.3 is 7.12 Å². The molecule has 0 saturated heterocycles. The quantitative estimate of drug-likeness (QED) is 0.450. The van der Waals surface area contributed by atoms with E-state index in [0.29, 0.717) is 25.2 Å². The normalized spacial score (nSPS) is 18.5. The summed E-state index contributed by atoms with van der Waals surface area (Å²) in [4.78, 5) is 23.5. The SMILES string of the molecule is Cc1cccc(COCC2=NOC(Cc3ccccc3)(C(=O)NC(CC(C)C)B(O)O)C2)n1. The molecule has 1 amide bonds. The zero-order valence-electron chi connectivity index (χ0n) is 19.4. The molecule has 1 aliphatic rings. The number of aryl methyl sites for hydroxylation is 1. The number of pyridine rings is 1. The second kappa shape index (κ2) is 11.4. The highest BCUT2D eigenvalue weighted by molar-refractivity contribution is 6.43. The van der Waals surface area contributed by atoms with Crippen molar-refractivity contribution < 1.29 is 24.4 Å². The van der Waals surface area contributed by atoms with Crippen LogP contribution in [0, 0.1) is 12.8 Å². The van der Waals surface area contributed by atoms with Crippen LogP contribution in [0.25, 0.3) is 0 Å². The van der Waals surface area contributed by atoms with Crippen LogP contribution in [0.2, 0.25) is 0 Å². The molecule has 2 heterocycles. The van der Waals surface area contributed by atoms with Gasteiger partial charge in [-0.15, -0.1) is 0 Å². The Morgan fingerprint density at radius 3 is 2.61 bits per heavy atom. The highest BCUT2D eigenvalue weighted by atomic mass is 16.7. The fraction of sp³-hybridized carbons (Fsp3) is 0.458. The average Bonchev–Trinajstić information content (AvgIpc) is 3.17. The Kier molecular flexibility index (Phi) is 8.60. The molecule has 0 radical (unpaired) electrons. The third-order valence-electron chi connectivity index (χ3n) is 5.45. The largest absolute Gasteiger partial charge is 0.475 e. The van der Waals surface area contributed by atoms with Crippen LogP contribution in [-0.2, 0) is 27.4 Å². The minimum atomic E-state index is -1.67. The van der Waals surface area contributed by atoms with E-state index in [2.05, 4.69) is 15.5 Å². The summed E-state index contributed by atoms with van der Waals surface area (Å²) in [7, 11) is -1.67. The standard InChI is InChI=1S/C24H32BN3O5/c1-17(2)12-22(25(30)31)27-23(29)24(13-19-9-5-4-6-10-19)14-21(28-33-24)16-32-15-20-11-7-8-18(3)26-20/h4-11,17,22,30-31H,12-16H2,1-3H3,(H,27,29). The number of rotatable bonds is 11. The highest BCUT2D eigenvalue weighted by Crippen LogP contribution is 2.29. The molecule has 0 bridgehead atoms. The van der Waals surface area contributed by atoms with Gasteiger partial charge in [0.1, 0.15) is 0 Å². The van der Waals surface area contributed by atoms with E-state index in [4.69, 9.17) is 9.57 Å². The molecule has 2 atom stereocenters.